The van der Waals surface area contributed by atoms with Crippen molar-refractivity contribution < 1.29 is 4.74 Å². The Kier molecular flexibility index (Phi) is 6.12. The molecule has 1 atom stereocenters. The number of aromatic nitrogens is 3. The second-order valence-electron chi connectivity index (χ2n) is 7.13. The summed E-state index contributed by atoms with van der Waals surface area (Å²) >= 11 is 0. The minimum absolute atomic E-state index is 0.299. The Labute approximate surface area is 176 Å². The standard InChI is InChI=1S/C22H27N7O/c1-23-22(24-14-21-27-25-16-29(21)18-8-4-3-5-9-18)26-17-12-13-28(15-17)19-10-6-7-11-20(19)30-2/h3-11,16-17H,12-15H2,1-2H3,(H2,23,24,26). The first-order chi connectivity index (χ1) is 14.8. The third-order valence-corrected chi connectivity index (χ3v) is 5.25. The number of methoxy groups -OCH3 is 1. The first-order valence-corrected chi connectivity index (χ1v) is 10.1. The first-order valence-electron chi connectivity index (χ1n) is 10.1. The number of ether oxygens (including phenoxy) is 1. The van der Waals surface area contributed by atoms with Crippen molar-refractivity contribution in [2.24, 2.45) is 4.99 Å². The molecule has 2 aromatic carbocycles. The Bertz CT molecular complexity index is 986. The highest BCUT2D eigenvalue weighted by Gasteiger charge is 2.25. The first kappa shape index (κ1) is 19.8. The second kappa shape index (κ2) is 9.30. The molecule has 8 nitrogen and oxygen atoms in total. The summed E-state index contributed by atoms with van der Waals surface area (Å²) in [5.41, 5.74) is 2.16. The van der Waals surface area contributed by atoms with E-state index in [0.717, 1.165) is 48.4 Å². The SMILES string of the molecule is CN=C(NCc1nncn1-c1ccccc1)NC1CCN(c2ccccc2OC)C1. The summed E-state index contributed by atoms with van der Waals surface area (Å²) in [5.74, 6) is 2.48. The highest BCUT2D eigenvalue weighted by Crippen LogP contribution is 2.30. The molecule has 1 fully saturated rings. The van der Waals surface area contributed by atoms with Crippen LogP contribution in [0.5, 0.6) is 5.75 Å². The average molecular weight is 406 g/mol. The van der Waals surface area contributed by atoms with Gasteiger partial charge in [0, 0.05) is 31.9 Å². The Morgan fingerprint density at radius 3 is 2.77 bits per heavy atom. The van der Waals surface area contributed by atoms with Gasteiger partial charge >= 0.3 is 0 Å². The van der Waals surface area contributed by atoms with E-state index < -0.39 is 0 Å². The van der Waals surface area contributed by atoms with E-state index >= 15 is 0 Å². The van der Waals surface area contributed by atoms with Crippen LogP contribution >= 0.6 is 0 Å². The van der Waals surface area contributed by atoms with Crippen molar-refractivity contribution in [3.63, 3.8) is 0 Å². The third-order valence-electron chi connectivity index (χ3n) is 5.25. The van der Waals surface area contributed by atoms with Gasteiger partial charge in [0.05, 0.1) is 19.3 Å². The maximum Gasteiger partial charge on any atom is 0.191 e. The minimum Gasteiger partial charge on any atom is -0.495 e. The normalized spacial score (nSPS) is 16.5. The van der Waals surface area contributed by atoms with Gasteiger partial charge in [0.15, 0.2) is 11.8 Å². The number of guanidine groups is 1. The molecule has 2 N–H and O–H groups in total. The van der Waals surface area contributed by atoms with Gasteiger partial charge in [-0.25, -0.2) is 0 Å². The van der Waals surface area contributed by atoms with Crippen LogP contribution in [0.2, 0.25) is 0 Å². The molecule has 1 aliphatic rings. The van der Waals surface area contributed by atoms with Gasteiger partial charge in [0.2, 0.25) is 0 Å². The van der Waals surface area contributed by atoms with E-state index in [1.807, 2.05) is 53.1 Å². The van der Waals surface area contributed by atoms with Crippen LogP contribution in [0, 0.1) is 0 Å². The zero-order valence-corrected chi connectivity index (χ0v) is 17.3. The number of para-hydroxylation sites is 3. The minimum atomic E-state index is 0.299. The van der Waals surface area contributed by atoms with E-state index in [-0.39, 0.29) is 0 Å². The lowest BCUT2D eigenvalue weighted by molar-refractivity contribution is 0.415. The fourth-order valence-electron chi connectivity index (χ4n) is 3.72. The molecular formula is C22H27N7O. The molecule has 1 aromatic heterocycles. The monoisotopic (exact) mass is 405 g/mol. The molecule has 0 amide bonds. The molecule has 0 bridgehead atoms. The maximum absolute atomic E-state index is 5.51. The van der Waals surface area contributed by atoms with Crippen molar-refractivity contribution >= 4 is 11.6 Å². The molecule has 1 aliphatic heterocycles. The van der Waals surface area contributed by atoms with Gasteiger partial charge in [-0.05, 0) is 30.7 Å². The molecule has 156 valence electrons. The molecular weight excluding hydrogens is 378 g/mol. The van der Waals surface area contributed by atoms with Gasteiger partial charge in [-0.15, -0.1) is 10.2 Å². The molecule has 0 saturated carbocycles. The van der Waals surface area contributed by atoms with Crippen molar-refractivity contribution in [3.05, 3.63) is 66.7 Å². The molecule has 3 aromatic rings. The average Bonchev–Trinajstić information content (AvgIpc) is 3.46. The molecule has 2 heterocycles. The molecule has 1 unspecified atom stereocenters. The van der Waals surface area contributed by atoms with Crippen LogP contribution in [-0.2, 0) is 6.54 Å². The van der Waals surface area contributed by atoms with Gasteiger partial charge in [0.25, 0.3) is 0 Å². The predicted molar refractivity (Wildman–Crippen MR) is 118 cm³/mol. The summed E-state index contributed by atoms with van der Waals surface area (Å²) in [6.07, 6.45) is 2.75. The predicted octanol–water partition coefficient (Wildman–Crippen LogP) is 2.22. The van der Waals surface area contributed by atoms with E-state index in [2.05, 4.69) is 36.8 Å². The van der Waals surface area contributed by atoms with Crippen LogP contribution in [0.4, 0.5) is 5.69 Å². The van der Waals surface area contributed by atoms with Crippen LogP contribution in [-0.4, -0.2) is 54.0 Å². The molecule has 1 saturated heterocycles. The third kappa shape index (κ3) is 4.37. The van der Waals surface area contributed by atoms with Crippen LogP contribution in [0.25, 0.3) is 5.69 Å². The number of hydrogen-bond acceptors (Lipinski definition) is 5. The smallest absolute Gasteiger partial charge is 0.191 e. The Morgan fingerprint density at radius 2 is 1.97 bits per heavy atom. The number of hydrogen-bond donors (Lipinski definition) is 2. The topological polar surface area (TPSA) is 79.6 Å². The molecule has 8 heteroatoms. The lowest BCUT2D eigenvalue weighted by atomic mass is 10.2. The van der Waals surface area contributed by atoms with Crippen LogP contribution in [0.15, 0.2) is 65.9 Å². The van der Waals surface area contributed by atoms with Gasteiger partial charge in [0.1, 0.15) is 12.1 Å². The van der Waals surface area contributed by atoms with E-state index in [1.54, 1.807) is 20.5 Å². The number of nitrogens with one attached hydrogen (secondary N) is 2. The number of nitrogens with zero attached hydrogens (tertiary/aromatic N) is 5. The zero-order chi connectivity index (χ0) is 20.8. The zero-order valence-electron chi connectivity index (χ0n) is 17.3. The van der Waals surface area contributed by atoms with Crippen molar-refractivity contribution in [1.82, 2.24) is 25.4 Å². The summed E-state index contributed by atoms with van der Waals surface area (Å²) in [6.45, 7) is 2.39. The number of benzene rings is 2. The Morgan fingerprint density at radius 1 is 1.17 bits per heavy atom. The van der Waals surface area contributed by atoms with E-state index in [4.69, 9.17) is 4.74 Å². The Hall–Kier alpha value is -3.55. The number of anilines is 1. The second-order valence-corrected chi connectivity index (χ2v) is 7.13. The van der Waals surface area contributed by atoms with Gasteiger partial charge in [-0.2, -0.15) is 0 Å². The summed E-state index contributed by atoms with van der Waals surface area (Å²) in [4.78, 5) is 6.72. The summed E-state index contributed by atoms with van der Waals surface area (Å²) in [7, 11) is 3.49. The lowest BCUT2D eigenvalue weighted by Crippen LogP contribution is -2.44. The van der Waals surface area contributed by atoms with Crippen molar-refractivity contribution in [3.8, 4) is 11.4 Å². The van der Waals surface area contributed by atoms with E-state index in [9.17, 15) is 0 Å². The largest absolute Gasteiger partial charge is 0.495 e. The highest BCUT2D eigenvalue weighted by molar-refractivity contribution is 5.80. The molecule has 0 radical (unpaired) electrons. The highest BCUT2D eigenvalue weighted by atomic mass is 16.5. The van der Waals surface area contributed by atoms with Crippen LogP contribution in [0.3, 0.4) is 0 Å². The lowest BCUT2D eigenvalue weighted by Gasteiger charge is -2.22. The molecule has 4 rings (SSSR count). The fourth-order valence-corrected chi connectivity index (χ4v) is 3.72. The summed E-state index contributed by atoms with van der Waals surface area (Å²) in [6, 6.07) is 18.5. The van der Waals surface area contributed by atoms with Crippen LogP contribution < -0.4 is 20.3 Å². The molecule has 0 aliphatic carbocycles. The van der Waals surface area contributed by atoms with Gasteiger partial charge in [-0.1, -0.05) is 30.3 Å². The number of aliphatic imine (C=N–C) groups is 1. The quantitative estimate of drug-likeness (QED) is 0.484. The Balaban J connectivity index is 1.35. The molecule has 30 heavy (non-hydrogen) atoms. The fraction of sp³-hybridized carbons (Fsp3) is 0.318. The number of rotatable bonds is 6. The maximum atomic E-state index is 5.51. The van der Waals surface area contributed by atoms with Crippen molar-refractivity contribution in [2.75, 3.05) is 32.1 Å². The van der Waals surface area contributed by atoms with E-state index in [0.29, 0.717) is 12.6 Å². The summed E-state index contributed by atoms with van der Waals surface area (Å²) in [5, 5.41) is 15.2. The van der Waals surface area contributed by atoms with Crippen molar-refractivity contribution in [2.45, 2.75) is 19.0 Å². The van der Waals surface area contributed by atoms with E-state index in [1.165, 1.54) is 0 Å². The van der Waals surface area contributed by atoms with Crippen LogP contribution in [0.1, 0.15) is 12.2 Å². The summed E-state index contributed by atoms with van der Waals surface area (Å²) < 4.78 is 7.48. The van der Waals surface area contributed by atoms with Gasteiger partial charge < -0.3 is 20.3 Å². The van der Waals surface area contributed by atoms with Gasteiger partial charge in [-0.3, -0.25) is 9.56 Å². The molecule has 0 spiro atoms. The van der Waals surface area contributed by atoms with Crippen molar-refractivity contribution in [1.29, 1.82) is 0 Å².